The lowest BCUT2D eigenvalue weighted by atomic mass is 10.2. The van der Waals surface area contributed by atoms with Crippen molar-refractivity contribution >= 4 is 16.7 Å². The Balaban J connectivity index is 2.09. The third-order valence-electron chi connectivity index (χ3n) is 2.99. The Bertz CT molecular complexity index is 803. The predicted molar refractivity (Wildman–Crippen MR) is 70.5 cm³/mol. The number of aromatic nitrogens is 5. The van der Waals surface area contributed by atoms with Crippen molar-refractivity contribution in [2.45, 2.75) is 6.54 Å². The molecule has 0 saturated heterocycles. The van der Waals surface area contributed by atoms with Gasteiger partial charge in [0.1, 0.15) is 5.39 Å². The van der Waals surface area contributed by atoms with E-state index in [1.54, 1.807) is 13.1 Å². The fraction of sp³-hybridized carbons (Fsp3) is 0.167. The number of nitrogens with two attached hydrogens (primary N) is 1. The van der Waals surface area contributed by atoms with E-state index in [-0.39, 0.29) is 5.56 Å². The first-order chi connectivity index (χ1) is 9.16. The van der Waals surface area contributed by atoms with Crippen molar-refractivity contribution in [2.24, 2.45) is 7.05 Å². The highest BCUT2D eigenvalue weighted by atomic mass is 16.1. The van der Waals surface area contributed by atoms with E-state index in [0.717, 1.165) is 5.56 Å². The molecular weight excluding hydrogens is 244 g/mol. The zero-order valence-corrected chi connectivity index (χ0v) is 10.3. The number of para-hydroxylation sites is 1. The molecule has 0 atom stereocenters. The molecular formula is C12H12N6O. The summed E-state index contributed by atoms with van der Waals surface area (Å²) in [4.78, 5) is 12.2. The molecule has 0 saturated carbocycles. The summed E-state index contributed by atoms with van der Waals surface area (Å²) in [6, 6.07) is 7.36. The van der Waals surface area contributed by atoms with Gasteiger partial charge in [-0.05, 0) is 11.6 Å². The van der Waals surface area contributed by atoms with Crippen molar-refractivity contribution in [1.82, 2.24) is 24.8 Å². The van der Waals surface area contributed by atoms with E-state index in [2.05, 4.69) is 15.4 Å². The highest BCUT2D eigenvalue weighted by molar-refractivity contribution is 5.72. The van der Waals surface area contributed by atoms with Gasteiger partial charge in [0.05, 0.1) is 12.7 Å². The van der Waals surface area contributed by atoms with Gasteiger partial charge in [0.25, 0.3) is 5.56 Å². The molecule has 0 aliphatic rings. The number of aryl methyl sites for hydroxylation is 1. The van der Waals surface area contributed by atoms with Crippen LogP contribution in [0.15, 0.2) is 35.3 Å². The van der Waals surface area contributed by atoms with E-state index in [0.29, 0.717) is 23.3 Å². The number of anilines is 1. The summed E-state index contributed by atoms with van der Waals surface area (Å²) < 4.78 is 2.81. The van der Waals surface area contributed by atoms with Gasteiger partial charge in [-0.2, -0.15) is 5.10 Å². The Hall–Kier alpha value is -2.70. The molecule has 96 valence electrons. The standard InChI is InChI=1S/C12H12N6O/c1-17-11-9(6-14-17)12(19)18(16-15-11)7-8-4-2-3-5-10(8)13/h2-6H,7,13H2,1H3. The summed E-state index contributed by atoms with van der Waals surface area (Å²) in [7, 11) is 1.72. The molecule has 0 unspecified atom stereocenters. The quantitative estimate of drug-likeness (QED) is 0.659. The lowest BCUT2D eigenvalue weighted by molar-refractivity contribution is 0.596. The van der Waals surface area contributed by atoms with Gasteiger partial charge in [0, 0.05) is 12.7 Å². The van der Waals surface area contributed by atoms with Gasteiger partial charge in [-0.25, -0.2) is 9.36 Å². The zero-order valence-electron chi connectivity index (χ0n) is 10.3. The van der Waals surface area contributed by atoms with Crippen LogP contribution < -0.4 is 11.3 Å². The Labute approximate surface area is 108 Å². The molecule has 3 rings (SSSR count). The number of hydrogen-bond donors (Lipinski definition) is 1. The van der Waals surface area contributed by atoms with Crippen molar-refractivity contribution in [3.05, 3.63) is 46.4 Å². The molecule has 0 fully saturated rings. The molecule has 7 nitrogen and oxygen atoms in total. The summed E-state index contributed by atoms with van der Waals surface area (Å²) in [6.07, 6.45) is 1.50. The molecule has 2 heterocycles. The number of nitrogen functional groups attached to an aromatic ring is 1. The van der Waals surface area contributed by atoms with Crippen LogP contribution in [-0.4, -0.2) is 24.8 Å². The first kappa shape index (κ1) is 11.4. The van der Waals surface area contributed by atoms with Crippen LogP contribution in [0.4, 0.5) is 5.69 Å². The third-order valence-corrected chi connectivity index (χ3v) is 2.99. The number of rotatable bonds is 2. The van der Waals surface area contributed by atoms with Crippen LogP contribution in [0.25, 0.3) is 11.0 Å². The lowest BCUT2D eigenvalue weighted by Crippen LogP contribution is -2.25. The minimum Gasteiger partial charge on any atom is -0.398 e. The van der Waals surface area contributed by atoms with Gasteiger partial charge >= 0.3 is 0 Å². The fourth-order valence-corrected chi connectivity index (χ4v) is 1.92. The van der Waals surface area contributed by atoms with Crippen LogP contribution >= 0.6 is 0 Å². The van der Waals surface area contributed by atoms with Crippen LogP contribution in [0.1, 0.15) is 5.56 Å². The topological polar surface area (TPSA) is 91.6 Å². The summed E-state index contributed by atoms with van der Waals surface area (Å²) in [5.74, 6) is 0. The molecule has 0 radical (unpaired) electrons. The fourth-order valence-electron chi connectivity index (χ4n) is 1.92. The van der Waals surface area contributed by atoms with Crippen LogP contribution in [0.2, 0.25) is 0 Å². The van der Waals surface area contributed by atoms with Crippen molar-refractivity contribution in [2.75, 3.05) is 5.73 Å². The van der Waals surface area contributed by atoms with E-state index in [1.165, 1.54) is 15.6 Å². The Morgan fingerprint density at radius 2 is 2.11 bits per heavy atom. The predicted octanol–water partition coefficient (Wildman–Crippen LogP) is 0.155. The molecule has 0 bridgehead atoms. The van der Waals surface area contributed by atoms with E-state index in [9.17, 15) is 4.79 Å². The van der Waals surface area contributed by atoms with Gasteiger partial charge in [-0.15, -0.1) is 5.10 Å². The highest BCUT2D eigenvalue weighted by Gasteiger charge is 2.10. The zero-order chi connectivity index (χ0) is 13.4. The molecule has 0 aliphatic heterocycles. The van der Waals surface area contributed by atoms with Crippen molar-refractivity contribution in [3.8, 4) is 0 Å². The van der Waals surface area contributed by atoms with E-state index >= 15 is 0 Å². The summed E-state index contributed by atoms with van der Waals surface area (Å²) in [5, 5.41) is 12.4. The molecule has 2 aromatic heterocycles. The Morgan fingerprint density at radius 3 is 2.89 bits per heavy atom. The summed E-state index contributed by atoms with van der Waals surface area (Å²) in [6.45, 7) is 0.295. The maximum absolute atomic E-state index is 12.2. The number of hydrogen-bond acceptors (Lipinski definition) is 5. The van der Waals surface area contributed by atoms with Crippen LogP contribution in [0, 0.1) is 0 Å². The number of fused-ring (bicyclic) bond motifs is 1. The number of nitrogens with zero attached hydrogens (tertiary/aromatic N) is 5. The third kappa shape index (κ3) is 1.85. The van der Waals surface area contributed by atoms with Gasteiger partial charge < -0.3 is 5.73 Å². The molecule has 7 heteroatoms. The second-order valence-corrected chi connectivity index (χ2v) is 4.26. The van der Waals surface area contributed by atoms with Crippen LogP contribution in [0.5, 0.6) is 0 Å². The van der Waals surface area contributed by atoms with E-state index in [1.807, 2.05) is 18.2 Å². The molecule has 1 aromatic carbocycles. The molecule has 3 aromatic rings. The van der Waals surface area contributed by atoms with E-state index < -0.39 is 0 Å². The molecule has 0 aliphatic carbocycles. The second kappa shape index (κ2) is 4.20. The molecule has 2 N–H and O–H groups in total. The van der Waals surface area contributed by atoms with Gasteiger partial charge in [-0.1, -0.05) is 23.4 Å². The van der Waals surface area contributed by atoms with E-state index in [4.69, 9.17) is 5.73 Å². The van der Waals surface area contributed by atoms with Gasteiger partial charge in [0.15, 0.2) is 5.65 Å². The molecule has 19 heavy (non-hydrogen) atoms. The minimum atomic E-state index is -0.221. The van der Waals surface area contributed by atoms with Crippen molar-refractivity contribution < 1.29 is 0 Å². The van der Waals surface area contributed by atoms with Crippen molar-refractivity contribution in [3.63, 3.8) is 0 Å². The average Bonchev–Trinajstić information content (AvgIpc) is 2.78. The van der Waals surface area contributed by atoms with Gasteiger partial charge in [0.2, 0.25) is 0 Å². The lowest BCUT2D eigenvalue weighted by Gasteiger charge is -2.06. The van der Waals surface area contributed by atoms with Crippen LogP contribution in [0.3, 0.4) is 0 Å². The van der Waals surface area contributed by atoms with Crippen LogP contribution in [-0.2, 0) is 13.6 Å². The largest absolute Gasteiger partial charge is 0.398 e. The molecule has 0 amide bonds. The van der Waals surface area contributed by atoms with Gasteiger partial charge in [-0.3, -0.25) is 4.79 Å². The smallest absolute Gasteiger partial charge is 0.281 e. The number of benzene rings is 1. The average molecular weight is 256 g/mol. The monoisotopic (exact) mass is 256 g/mol. The van der Waals surface area contributed by atoms with Crippen molar-refractivity contribution in [1.29, 1.82) is 0 Å². The summed E-state index contributed by atoms with van der Waals surface area (Å²) >= 11 is 0. The highest BCUT2D eigenvalue weighted by Crippen LogP contribution is 2.11. The Morgan fingerprint density at radius 1 is 1.32 bits per heavy atom. The maximum atomic E-state index is 12.2. The summed E-state index contributed by atoms with van der Waals surface area (Å²) in [5.41, 5.74) is 7.57. The SMILES string of the molecule is Cn1ncc2c(=O)n(Cc3ccccc3N)nnc21. The maximum Gasteiger partial charge on any atom is 0.281 e. The first-order valence-electron chi connectivity index (χ1n) is 5.75. The minimum absolute atomic E-state index is 0.221. The second-order valence-electron chi connectivity index (χ2n) is 4.26. The Kier molecular flexibility index (Phi) is 2.52. The first-order valence-corrected chi connectivity index (χ1v) is 5.75. The molecule has 0 spiro atoms. The normalized spacial score (nSPS) is 11.0.